The monoisotopic (exact) mass is 443 g/mol. The fraction of sp³-hybridized carbons (Fsp3) is 0.400. The maximum atomic E-state index is 10.8. The molecular weight excluding hydrogens is 438 g/mol. The van der Waals surface area contributed by atoms with Crippen LogP contribution in [0.4, 0.5) is 0 Å². The number of ether oxygens (including phenoxy) is 2. The molecule has 0 saturated carbocycles. The van der Waals surface area contributed by atoms with Gasteiger partial charge in [0, 0.05) is 4.92 Å². The number of alkyl halides is 3. The van der Waals surface area contributed by atoms with Crippen molar-refractivity contribution >= 4 is 47.8 Å². The highest BCUT2D eigenvalue weighted by atomic mass is 80.0. The minimum atomic E-state index is -0.742. The molecule has 1 aliphatic rings. The number of benzene rings is 1. The second-order valence-electron chi connectivity index (χ2n) is 3.72. The number of nitrogens with zero attached hydrogens (tertiary/aromatic N) is 1. The standard InChI is InChI=1S/C10H8Br3NO4/c11-10(12,13)7(4-14(15)16)6-1-2-8-9(3-6)18-5-17-8/h1-3,7H,4-5H2. The van der Waals surface area contributed by atoms with Crippen LogP contribution < -0.4 is 9.47 Å². The molecule has 8 heteroatoms. The molecule has 1 heterocycles. The van der Waals surface area contributed by atoms with E-state index in [1.54, 1.807) is 18.2 Å². The molecule has 0 amide bonds. The first-order chi connectivity index (χ1) is 8.38. The van der Waals surface area contributed by atoms with E-state index in [0.717, 1.165) is 5.56 Å². The lowest BCUT2D eigenvalue weighted by Gasteiger charge is -2.22. The Morgan fingerprint density at radius 1 is 1.33 bits per heavy atom. The van der Waals surface area contributed by atoms with Crippen molar-refractivity contribution in [3.8, 4) is 11.5 Å². The maximum absolute atomic E-state index is 10.8. The zero-order valence-corrected chi connectivity index (χ0v) is 13.7. The predicted octanol–water partition coefficient (Wildman–Crippen LogP) is 3.61. The van der Waals surface area contributed by atoms with E-state index < -0.39 is 8.06 Å². The fourth-order valence-corrected chi connectivity index (χ4v) is 2.90. The third-order valence-corrected chi connectivity index (χ3v) is 4.18. The van der Waals surface area contributed by atoms with E-state index in [4.69, 9.17) is 9.47 Å². The third-order valence-electron chi connectivity index (χ3n) is 2.53. The van der Waals surface area contributed by atoms with Gasteiger partial charge in [-0.3, -0.25) is 10.1 Å². The fourth-order valence-electron chi connectivity index (χ4n) is 1.68. The van der Waals surface area contributed by atoms with Gasteiger partial charge in [-0.1, -0.05) is 53.9 Å². The van der Waals surface area contributed by atoms with Crippen LogP contribution in [0.5, 0.6) is 11.5 Å². The Kier molecular flexibility index (Phi) is 4.18. The molecule has 1 atom stereocenters. The Labute approximate surface area is 128 Å². The molecule has 0 radical (unpaired) electrons. The van der Waals surface area contributed by atoms with Crippen LogP contribution in [0, 0.1) is 10.1 Å². The smallest absolute Gasteiger partial charge is 0.231 e. The highest BCUT2D eigenvalue weighted by molar-refractivity contribution is 9.39. The quantitative estimate of drug-likeness (QED) is 0.405. The van der Waals surface area contributed by atoms with Gasteiger partial charge in [-0.25, -0.2) is 0 Å². The topological polar surface area (TPSA) is 61.6 Å². The number of hydrogen-bond acceptors (Lipinski definition) is 4. The molecule has 0 N–H and O–H groups in total. The second kappa shape index (κ2) is 5.34. The lowest BCUT2D eigenvalue weighted by Crippen LogP contribution is -2.23. The molecular formula is C10H8Br3NO4. The SMILES string of the molecule is O=[N+]([O-])CC(c1ccc2c(c1)OCO2)C(Br)(Br)Br. The first-order valence-electron chi connectivity index (χ1n) is 4.96. The summed E-state index contributed by atoms with van der Waals surface area (Å²) >= 11 is 10.0. The summed E-state index contributed by atoms with van der Waals surface area (Å²) in [6.45, 7) is -0.0395. The zero-order valence-electron chi connectivity index (χ0n) is 8.94. The predicted molar refractivity (Wildman–Crippen MR) is 76.7 cm³/mol. The Bertz CT molecular complexity index is 475. The minimum Gasteiger partial charge on any atom is -0.454 e. The molecule has 98 valence electrons. The van der Waals surface area contributed by atoms with Gasteiger partial charge < -0.3 is 9.47 Å². The summed E-state index contributed by atoms with van der Waals surface area (Å²) in [5.74, 6) is 0.863. The molecule has 2 rings (SSSR count). The Balaban J connectivity index is 2.33. The zero-order chi connectivity index (χ0) is 13.3. The van der Waals surface area contributed by atoms with Gasteiger partial charge in [0.15, 0.2) is 11.5 Å². The van der Waals surface area contributed by atoms with E-state index in [1.165, 1.54) is 0 Å². The average Bonchev–Trinajstić information content (AvgIpc) is 2.70. The van der Waals surface area contributed by atoms with E-state index in [2.05, 4.69) is 47.8 Å². The van der Waals surface area contributed by atoms with Gasteiger partial charge in [0.2, 0.25) is 13.3 Å². The van der Waals surface area contributed by atoms with Gasteiger partial charge in [-0.15, -0.1) is 0 Å². The summed E-state index contributed by atoms with van der Waals surface area (Å²) in [6.07, 6.45) is 0. The summed E-state index contributed by atoms with van der Waals surface area (Å²) in [6, 6.07) is 5.30. The van der Waals surface area contributed by atoms with Crippen molar-refractivity contribution in [1.29, 1.82) is 0 Å². The van der Waals surface area contributed by atoms with Crippen molar-refractivity contribution < 1.29 is 14.4 Å². The van der Waals surface area contributed by atoms with Crippen molar-refractivity contribution in [2.24, 2.45) is 0 Å². The second-order valence-corrected chi connectivity index (χ2v) is 10.7. The van der Waals surface area contributed by atoms with Gasteiger partial charge in [0.05, 0.1) is 5.92 Å². The van der Waals surface area contributed by atoms with Crippen molar-refractivity contribution in [3.05, 3.63) is 33.9 Å². The van der Waals surface area contributed by atoms with Gasteiger partial charge in [-0.05, 0) is 17.7 Å². The first kappa shape index (κ1) is 14.1. The van der Waals surface area contributed by atoms with Crippen molar-refractivity contribution in [2.75, 3.05) is 13.3 Å². The van der Waals surface area contributed by atoms with Crippen molar-refractivity contribution in [2.45, 2.75) is 8.06 Å². The van der Waals surface area contributed by atoms with E-state index in [9.17, 15) is 10.1 Å². The number of halogens is 3. The lowest BCUT2D eigenvalue weighted by molar-refractivity contribution is -0.483. The molecule has 5 nitrogen and oxygen atoms in total. The summed E-state index contributed by atoms with van der Waals surface area (Å²) < 4.78 is 9.74. The van der Waals surface area contributed by atoms with Crippen LogP contribution in [-0.2, 0) is 0 Å². The normalized spacial score (nSPS) is 15.5. The largest absolute Gasteiger partial charge is 0.454 e. The first-order valence-corrected chi connectivity index (χ1v) is 7.34. The van der Waals surface area contributed by atoms with Crippen LogP contribution in [0.2, 0.25) is 0 Å². The van der Waals surface area contributed by atoms with Gasteiger partial charge >= 0.3 is 0 Å². The molecule has 1 unspecified atom stereocenters. The summed E-state index contributed by atoms with van der Waals surface area (Å²) in [5, 5.41) is 10.8. The van der Waals surface area contributed by atoms with Crippen LogP contribution in [0.15, 0.2) is 18.2 Å². The van der Waals surface area contributed by atoms with Crippen molar-refractivity contribution in [1.82, 2.24) is 0 Å². The van der Waals surface area contributed by atoms with E-state index >= 15 is 0 Å². The number of hydrogen-bond donors (Lipinski definition) is 0. The van der Waals surface area contributed by atoms with Gasteiger partial charge in [0.25, 0.3) is 0 Å². The molecule has 1 aliphatic heterocycles. The highest BCUT2D eigenvalue weighted by Gasteiger charge is 2.37. The van der Waals surface area contributed by atoms with Gasteiger partial charge in [0.1, 0.15) is 2.14 Å². The van der Waals surface area contributed by atoms with Crippen LogP contribution in [-0.4, -0.2) is 20.4 Å². The molecule has 18 heavy (non-hydrogen) atoms. The number of rotatable bonds is 3. The Morgan fingerprint density at radius 2 is 2.00 bits per heavy atom. The van der Waals surface area contributed by atoms with Crippen molar-refractivity contribution in [3.63, 3.8) is 0 Å². The summed E-state index contributed by atoms with van der Waals surface area (Å²) in [5.41, 5.74) is 0.779. The van der Waals surface area contributed by atoms with E-state index in [1.807, 2.05) is 0 Å². The molecule has 0 spiro atoms. The Hall–Kier alpha value is -0.340. The molecule has 0 bridgehead atoms. The van der Waals surface area contributed by atoms with Crippen LogP contribution in [0.25, 0.3) is 0 Å². The van der Waals surface area contributed by atoms with E-state index in [0.29, 0.717) is 11.5 Å². The molecule has 0 fully saturated rings. The van der Waals surface area contributed by atoms with E-state index in [-0.39, 0.29) is 18.3 Å². The number of nitro groups is 1. The van der Waals surface area contributed by atoms with Crippen LogP contribution in [0.3, 0.4) is 0 Å². The molecule has 1 aromatic rings. The minimum absolute atomic E-state index is 0.181. The van der Waals surface area contributed by atoms with Crippen LogP contribution in [0.1, 0.15) is 11.5 Å². The lowest BCUT2D eigenvalue weighted by atomic mass is 10.0. The number of fused-ring (bicyclic) bond motifs is 1. The molecule has 0 aromatic heterocycles. The van der Waals surface area contributed by atoms with Gasteiger partial charge in [-0.2, -0.15) is 0 Å². The Morgan fingerprint density at radius 3 is 2.61 bits per heavy atom. The molecule has 0 saturated heterocycles. The summed E-state index contributed by atoms with van der Waals surface area (Å²) in [7, 11) is 0. The average molecular weight is 446 g/mol. The maximum Gasteiger partial charge on any atom is 0.231 e. The summed E-state index contributed by atoms with van der Waals surface area (Å²) in [4.78, 5) is 10.4. The molecule has 1 aromatic carbocycles. The highest BCUT2D eigenvalue weighted by Crippen LogP contribution is 2.48. The third kappa shape index (κ3) is 3.16. The van der Waals surface area contributed by atoms with Crippen LogP contribution >= 0.6 is 47.8 Å². The molecule has 0 aliphatic carbocycles.